The number of morpholine rings is 1. The highest BCUT2D eigenvalue weighted by molar-refractivity contribution is 5.56. The summed E-state index contributed by atoms with van der Waals surface area (Å²) in [5, 5.41) is 0. The first-order valence-corrected chi connectivity index (χ1v) is 6.43. The Morgan fingerprint density at radius 1 is 1.44 bits per heavy atom. The van der Waals surface area contributed by atoms with Crippen LogP contribution in [-0.4, -0.2) is 25.3 Å². The van der Waals surface area contributed by atoms with Gasteiger partial charge < -0.3 is 15.4 Å². The molecule has 1 heterocycles. The first-order chi connectivity index (χ1) is 8.50. The summed E-state index contributed by atoms with van der Waals surface area (Å²) in [6.45, 7) is 7.36. The predicted octanol–water partition coefficient (Wildman–Crippen LogP) is 2.46. The Kier molecular flexibility index (Phi) is 3.88. The van der Waals surface area contributed by atoms with Crippen molar-refractivity contribution in [2.45, 2.75) is 39.0 Å². The van der Waals surface area contributed by atoms with Gasteiger partial charge in [0.15, 0.2) is 0 Å². The van der Waals surface area contributed by atoms with Crippen LogP contribution in [0.3, 0.4) is 0 Å². The SMILES string of the molecule is CC1CN(c2cccc(F)c2C(C)N)C(C)CO1. The number of hydrogen-bond donors (Lipinski definition) is 1. The Morgan fingerprint density at radius 3 is 2.83 bits per heavy atom. The van der Waals surface area contributed by atoms with Crippen LogP contribution in [0.4, 0.5) is 10.1 Å². The van der Waals surface area contributed by atoms with Crippen molar-refractivity contribution < 1.29 is 9.13 Å². The number of halogens is 1. The summed E-state index contributed by atoms with van der Waals surface area (Å²) in [6.07, 6.45) is 0.158. The van der Waals surface area contributed by atoms with Gasteiger partial charge in [0.1, 0.15) is 5.82 Å². The topological polar surface area (TPSA) is 38.5 Å². The molecular formula is C14H21FN2O. The Morgan fingerprint density at radius 2 is 2.17 bits per heavy atom. The van der Waals surface area contributed by atoms with Crippen molar-refractivity contribution in [1.29, 1.82) is 0 Å². The van der Waals surface area contributed by atoms with Gasteiger partial charge in [0.25, 0.3) is 0 Å². The first kappa shape index (κ1) is 13.3. The summed E-state index contributed by atoms with van der Waals surface area (Å²) in [6, 6.07) is 5.07. The lowest BCUT2D eigenvalue weighted by atomic mass is 10.0. The van der Waals surface area contributed by atoms with E-state index in [-0.39, 0.29) is 24.0 Å². The Labute approximate surface area is 108 Å². The van der Waals surface area contributed by atoms with Gasteiger partial charge >= 0.3 is 0 Å². The predicted molar refractivity (Wildman–Crippen MR) is 71.2 cm³/mol. The zero-order valence-corrected chi connectivity index (χ0v) is 11.2. The lowest BCUT2D eigenvalue weighted by Crippen LogP contribution is -2.48. The smallest absolute Gasteiger partial charge is 0.130 e. The number of hydrogen-bond acceptors (Lipinski definition) is 3. The molecule has 0 bridgehead atoms. The number of benzene rings is 1. The second kappa shape index (κ2) is 5.24. The summed E-state index contributed by atoms with van der Waals surface area (Å²) < 4.78 is 19.5. The second-order valence-electron chi connectivity index (χ2n) is 5.11. The molecule has 0 radical (unpaired) electrons. The molecule has 100 valence electrons. The molecule has 0 aliphatic carbocycles. The monoisotopic (exact) mass is 252 g/mol. The number of ether oxygens (including phenoxy) is 1. The molecule has 1 aromatic rings. The molecule has 3 unspecified atom stereocenters. The van der Waals surface area contributed by atoms with E-state index in [4.69, 9.17) is 10.5 Å². The van der Waals surface area contributed by atoms with Gasteiger partial charge in [-0.25, -0.2) is 4.39 Å². The van der Waals surface area contributed by atoms with Crippen molar-refractivity contribution in [2.75, 3.05) is 18.1 Å². The maximum atomic E-state index is 13.9. The average molecular weight is 252 g/mol. The highest BCUT2D eigenvalue weighted by atomic mass is 19.1. The standard InChI is InChI=1S/C14H21FN2O/c1-9-8-18-10(2)7-17(9)13-6-4-5-12(15)14(13)11(3)16/h4-6,9-11H,7-8,16H2,1-3H3. The van der Waals surface area contributed by atoms with Crippen molar-refractivity contribution in [2.24, 2.45) is 5.73 Å². The molecule has 1 saturated heterocycles. The average Bonchev–Trinajstić information content (AvgIpc) is 2.31. The third-order valence-electron chi connectivity index (χ3n) is 3.40. The van der Waals surface area contributed by atoms with Crippen LogP contribution in [0, 0.1) is 5.82 Å². The zero-order valence-electron chi connectivity index (χ0n) is 11.2. The van der Waals surface area contributed by atoms with Gasteiger partial charge in [-0.2, -0.15) is 0 Å². The van der Waals surface area contributed by atoms with Crippen molar-refractivity contribution in [1.82, 2.24) is 0 Å². The molecule has 0 saturated carbocycles. The van der Waals surface area contributed by atoms with Gasteiger partial charge in [-0.15, -0.1) is 0 Å². The molecule has 1 fully saturated rings. The lowest BCUT2D eigenvalue weighted by Gasteiger charge is -2.40. The largest absolute Gasteiger partial charge is 0.375 e. The molecule has 1 aliphatic rings. The highest BCUT2D eigenvalue weighted by Gasteiger charge is 2.27. The summed E-state index contributed by atoms with van der Waals surface area (Å²) in [4.78, 5) is 2.19. The van der Waals surface area contributed by atoms with E-state index >= 15 is 0 Å². The van der Waals surface area contributed by atoms with E-state index in [0.717, 1.165) is 12.2 Å². The minimum Gasteiger partial charge on any atom is -0.375 e. The maximum Gasteiger partial charge on any atom is 0.130 e. The van der Waals surface area contributed by atoms with Gasteiger partial charge in [0, 0.05) is 29.9 Å². The van der Waals surface area contributed by atoms with E-state index < -0.39 is 0 Å². The molecule has 1 aliphatic heterocycles. The molecule has 4 heteroatoms. The molecule has 3 atom stereocenters. The summed E-state index contributed by atoms with van der Waals surface area (Å²) in [5.74, 6) is -0.228. The minimum atomic E-state index is -0.313. The van der Waals surface area contributed by atoms with E-state index in [1.54, 1.807) is 6.07 Å². The number of nitrogens with two attached hydrogens (primary N) is 1. The Bertz CT molecular complexity index is 422. The first-order valence-electron chi connectivity index (χ1n) is 6.43. The number of nitrogens with zero attached hydrogens (tertiary/aromatic N) is 1. The van der Waals surface area contributed by atoms with Gasteiger partial charge in [0.05, 0.1) is 12.7 Å². The third-order valence-corrected chi connectivity index (χ3v) is 3.40. The molecule has 18 heavy (non-hydrogen) atoms. The molecule has 3 nitrogen and oxygen atoms in total. The van der Waals surface area contributed by atoms with Crippen molar-refractivity contribution in [3.63, 3.8) is 0 Å². The highest BCUT2D eigenvalue weighted by Crippen LogP contribution is 2.30. The fourth-order valence-corrected chi connectivity index (χ4v) is 2.47. The van der Waals surface area contributed by atoms with Crippen LogP contribution >= 0.6 is 0 Å². The number of rotatable bonds is 2. The Balaban J connectivity index is 2.40. The van der Waals surface area contributed by atoms with Gasteiger partial charge in [-0.05, 0) is 32.9 Å². The molecule has 2 N–H and O–H groups in total. The van der Waals surface area contributed by atoms with Crippen LogP contribution in [0.5, 0.6) is 0 Å². The molecular weight excluding hydrogens is 231 g/mol. The van der Waals surface area contributed by atoms with E-state index in [2.05, 4.69) is 11.8 Å². The van der Waals surface area contributed by atoms with Gasteiger partial charge in [-0.3, -0.25) is 0 Å². The van der Waals surface area contributed by atoms with Crippen molar-refractivity contribution in [3.05, 3.63) is 29.6 Å². The normalized spacial score (nSPS) is 26.2. The van der Waals surface area contributed by atoms with Gasteiger partial charge in [-0.1, -0.05) is 6.07 Å². The molecule has 0 aromatic heterocycles. The molecule has 2 rings (SSSR count). The minimum absolute atomic E-state index is 0.158. The van der Waals surface area contributed by atoms with E-state index in [9.17, 15) is 4.39 Å². The quantitative estimate of drug-likeness (QED) is 0.878. The van der Waals surface area contributed by atoms with Crippen molar-refractivity contribution >= 4 is 5.69 Å². The van der Waals surface area contributed by atoms with Crippen LogP contribution < -0.4 is 10.6 Å². The van der Waals surface area contributed by atoms with Gasteiger partial charge in [0.2, 0.25) is 0 Å². The maximum absolute atomic E-state index is 13.9. The fourth-order valence-electron chi connectivity index (χ4n) is 2.47. The van der Waals surface area contributed by atoms with E-state index in [0.29, 0.717) is 12.2 Å². The summed E-state index contributed by atoms with van der Waals surface area (Å²) in [5.41, 5.74) is 7.40. The second-order valence-corrected chi connectivity index (χ2v) is 5.11. The zero-order chi connectivity index (χ0) is 13.3. The third kappa shape index (κ3) is 2.49. The number of anilines is 1. The van der Waals surface area contributed by atoms with E-state index in [1.165, 1.54) is 6.07 Å². The summed E-state index contributed by atoms with van der Waals surface area (Å²) >= 11 is 0. The van der Waals surface area contributed by atoms with Crippen LogP contribution in [0.15, 0.2) is 18.2 Å². The summed E-state index contributed by atoms with van der Waals surface area (Å²) in [7, 11) is 0. The molecule has 1 aromatic carbocycles. The van der Waals surface area contributed by atoms with Crippen LogP contribution in [0.25, 0.3) is 0 Å². The molecule has 0 amide bonds. The van der Waals surface area contributed by atoms with Crippen LogP contribution in [-0.2, 0) is 4.74 Å². The molecule has 0 spiro atoms. The van der Waals surface area contributed by atoms with Crippen LogP contribution in [0.2, 0.25) is 0 Å². The Hall–Kier alpha value is -1.13. The van der Waals surface area contributed by atoms with Crippen molar-refractivity contribution in [3.8, 4) is 0 Å². The van der Waals surface area contributed by atoms with E-state index in [1.807, 2.05) is 19.9 Å². The lowest BCUT2D eigenvalue weighted by molar-refractivity contribution is 0.0342. The fraction of sp³-hybridized carbons (Fsp3) is 0.571. The van der Waals surface area contributed by atoms with Crippen LogP contribution in [0.1, 0.15) is 32.4 Å².